The van der Waals surface area contributed by atoms with Gasteiger partial charge in [0.15, 0.2) is 0 Å². The van der Waals surface area contributed by atoms with Crippen LogP contribution in [0.1, 0.15) is 49.3 Å². The van der Waals surface area contributed by atoms with Gasteiger partial charge in [-0.3, -0.25) is 9.59 Å². The van der Waals surface area contributed by atoms with Crippen LogP contribution in [0.15, 0.2) is 48.5 Å². The molecule has 1 fully saturated rings. The van der Waals surface area contributed by atoms with E-state index >= 15 is 0 Å². The Morgan fingerprint density at radius 3 is 2.18 bits per heavy atom. The topological polar surface area (TPSA) is 95.9 Å². The van der Waals surface area contributed by atoms with Crippen LogP contribution in [0.3, 0.4) is 0 Å². The van der Waals surface area contributed by atoms with Crippen LogP contribution in [-0.4, -0.2) is 53.5 Å². The van der Waals surface area contributed by atoms with Crippen molar-refractivity contribution in [1.29, 1.82) is 0 Å². The number of benzene rings is 2. The average Bonchev–Trinajstić information content (AvgIpc) is 2.88. The van der Waals surface area contributed by atoms with Crippen LogP contribution in [0, 0.1) is 5.92 Å². The van der Waals surface area contributed by atoms with E-state index in [9.17, 15) is 32.7 Å². The van der Waals surface area contributed by atoms with E-state index in [4.69, 9.17) is 4.74 Å². The fourth-order valence-corrected chi connectivity index (χ4v) is 4.50. The molecule has 2 aromatic rings. The maximum atomic E-state index is 12.7. The van der Waals surface area contributed by atoms with E-state index in [1.165, 1.54) is 12.1 Å². The molecule has 1 aliphatic heterocycles. The van der Waals surface area contributed by atoms with Gasteiger partial charge in [-0.1, -0.05) is 24.3 Å². The molecule has 2 amide bonds. The molecule has 3 rings (SSSR count). The van der Waals surface area contributed by atoms with E-state index in [1.807, 2.05) is 31.2 Å². The van der Waals surface area contributed by atoms with Crippen LogP contribution in [0.5, 0.6) is 5.75 Å². The normalized spacial score (nSPS) is 15.1. The second-order valence-corrected chi connectivity index (χ2v) is 9.46. The Hall–Kier alpha value is -3.56. The molecule has 1 aliphatic rings. The Morgan fingerprint density at radius 1 is 1.03 bits per heavy atom. The minimum absolute atomic E-state index is 0.0191. The van der Waals surface area contributed by atoms with Gasteiger partial charge in [0.1, 0.15) is 11.8 Å². The largest absolute Gasteiger partial charge is 0.494 e. The van der Waals surface area contributed by atoms with Gasteiger partial charge in [-0.05, 0) is 67.5 Å². The number of carboxylic acids is 1. The quantitative estimate of drug-likeness (QED) is 0.443. The van der Waals surface area contributed by atoms with Gasteiger partial charge in [0.2, 0.25) is 11.8 Å². The summed E-state index contributed by atoms with van der Waals surface area (Å²) in [4.78, 5) is 38.6. The third-order valence-electron chi connectivity index (χ3n) is 6.66. The fourth-order valence-electron chi connectivity index (χ4n) is 4.50. The summed E-state index contributed by atoms with van der Waals surface area (Å²) in [5.74, 6) is -0.811. The number of hydrogen-bond donors (Lipinski definition) is 2. The van der Waals surface area contributed by atoms with E-state index in [2.05, 4.69) is 5.32 Å². The number of halogens is 3. The molecule has 7 nitrogen and oxygen atoms in total. The van der Waals surface area contributed by atoms with Gasteiger partial charge in [-0.2, -0.15) is 13.2 Å². The van der Waals surface area contributed by atoms with Crippen molar-refractivity contribution in [3.8, 4) is 5.75 Å². The van der Waals surface area contributed by atoms with Crippen molar-refractivity contribution in [2.24, 2.45) is 5.92 Å². The molecule has 0 aliphatic carbocycles. The van der Waals surface area contributed by atoms with E-state index in [-0.39, 0.29) is 24.7 Å². The second-order valence-electron chi connectivity index (χ2n) is 9.46. The maximum absolute atomic E-state index is 12.7. The van der Waals surface area contributed by atoms with Crippen molar-refractivity contribution in [2.75, 3.05) is 19.7 Å². The third kappa shape index (κ3) is 8.78. The van der Waals surface area contributed by atoms with Gasteiger partial charge in [0, 0.05) is 32.4 Å². The first-order valence-corrected chi connectivity index (χ1v) is 12.7. The highest BCUT2D eigenvalue weighted by Crippen LogP contribution is 2.29. The molecule has 38 heavy (non-hydrogen) atoms. The van der Waals surface area contributed by atoms with E-state index in [1.54, 1.807) is 4.90 Å². The summed E-state index contributed by atoms with van der Waals surface area (Å²) in [6.45, 7) is 3.59. The third-order valence-corrected chi connectivity index (χ3v) is 6.66. The van der Waals surface area contributed by atoms with Crippen LogP contribution in [0.25, 0.3) is 0 Å². The average molecular weight is 535 g/mol. The predicted octanol–water partition coefficient (Wildman–Crippen LogP) is 4.48. The SMILES string of the molecule is CCOc1ccc(CCC(=O)N2CCC(CC(=O)N[C@@H](Cc3ccc(C(F)(F)F)cc3)C(=O)O)CC2)cc1. The molecule has 1 saturated heterocycles. The van der Waals surface area contributed by atoms with Crippen molar-refractivity contribution in [1.82, 2.24) is 10.2 Å². The molecule has 1 atom stereocenters. The minimum atomic E-state index is -4.48. The number of rotatable bonds is 11. The lowest BCUT2D eigenvalue weighted by Gasteiger charge is -2.32. The molecular weight excluding hydrogens is 501 g/mol. The zero-order valence-corrected chi connectivity index (χ0v) is 21.3. The molecule has 0 saturated carbocycles. The highest BCUT2D eigenvalue weighted by atomic mass is 19.4. The number of piperidine rings is 1. The number of amides is 2. The second kappa shape index (κ2) is 13.3. The number of aryl methyl sites for hydroxylation is 1. The Bertz CT molecular complexity index is 1080. The summed E-state index contributed by atoms with van der Waals surface area (Å²) in [7, 11) is 0. The van der Waals surface area contributed by atoms with Crippen molar-refractivity contribution in [3.63, 3.8) is 0 Å². The smallest absolute Gasteiger partial charge is 0.416 e. The lowest BCUT2D eigenvalue weighted by Crippen LogP contribution is -2.44. The number of alkyl halides is 3. The number of carboxylic acid groups (broad SMARTS) is 1. The molecule has 0 radical (unpaired) electrons. The molecule has 206 valence electrons. The first-order valence-electron chi connectivity index (χ1n) is 12.7. The zero-order valence-electron chi connectivity index (χ0n) is 21.3. The zero-order chi connectivity index (χ0) is 27.7. The van der Waals surface area contributed by atoms with Crippen molar-refractivity contribution >= 4 is 17.8 Å². The Balaban J connectivity index is 1.41. The molecule has 0 bridgehead atoms. The first kappa shape index (κ1) is 29.0. The number of nitrogens with zero attached hydrogens (tertiary/aromatic N) is 1. The van der Waals surface area contributed by atoms with Gasteiger partial charge in [0.25, 0.3) is 0 Å². The number of nitrogens with one attached hydrogen (secondary N) is 1. The maximum Gasteiger partial charge on any atom is 0.416 e. The predicted molar refractivity (Wildman–Crippen MR) is 135 cm³/mol. The van der Waals surface area contributed by atoms with E-state index < -0.39 is 29.7 Å². The summed E-state index contributed by atoms with van der Waals surface area (Å²) < 4.78 is 43.6. The van der Waals surface area contributed by atoms with E-state index in [0.29, 0.717) is 50.9 Å². The summed E-state index contributed by atoms with van der Waals surface area (Å²) in [6, 6.07) is 10.6. The first-order chi connectivity index (χ1) is 18.0. The summed E-state index contributed by atoms with van der Waals surface area (Å²) >= 11 is 0. The Kier molecular flexibility index (Phi) is 10.2. The number of carbonyl (C=O) groups excluding carboxylic acids is 2. The highest BCUT2D eigenvalue weighted by Gasteiger charge is 2.30. The molecule has 0 spiro atoms. The van der Waals surface area contributed by atoms with Gasteiger partial charge in [-0.25, -0.2) is 4.79 Å². The summed E-state index contributed by atoms with van der Waals surface area (Å²) in [5.41, 5.74) is 0.610. The summed E-state index contributed by atoms with van der Waals surface area (Å²) in [6.07, 6.45) is -2.18. The molecule has 2 aromatic carbocycles. The van der Waals surface area contributed by atoms with Crippen LogP contribution in [0.2, 0.25) is 0 Å². The van der Waals surface area contributed by atoms with Crippen molar-refractivity contribution < 1.29 is 37.4 Å². The molecule has 0 aromatic heterocycles. The van der Waals surface area contributed by atoms with Crippen LogP contribution < -0.4 is 10.1 Å². The number of hydrogen-bond acceptors (Lipinski definition) is 4. The van der Waals surface area contributed by atoms with Gasteiger partial charge in [0.05, 0.1) is 12.2 Å². The van der Waals surface area contributed by atoms with Gasteiger partial charge in [-0.15, -0.1) is 0 Å². The lowest BCUT2D eigenvalue weighted by atomic mass is 9.92. The number of carbonyl (C=O) groups is 3. The van der Waals surface area contributed by atoms with Crippen LogP contribution in [0.4, 0.5) is 13.2 Å². The number of aliphatic carboxylic acids is 1. The monoisotopic (exact) mass is 534 g/mol. The molecule has 0 unspecified atom stereocenters. The molecule has 2 N–H and O–H groups in total. The highest BCUT2D eigenvalue weighted by molar-refractivity contribution is 5.84. The number of likely N-dealkylation sites (tertiary alicyclic amines) is 1. The minimum Gasteiger partial charge on any atom is -0.494 e. The molecular formula is C28H33F3N2O5. The van der Waals surface area contributed by atoms with Crippen molar-refractivity contribution in [2.45, 2.75) is 57.7 Å². The van der Waals surface area contributed by atoms with Gasteiger partial charge < -0.3 is 20.1 Å². The molecule has 1 heterocycles. The fraction of sp³-hybridized carbons (Fsp3) is 0.464. The Labute approximate surface area is 220 Å². The van der Waals surface area contributed by atoms with Gasteiger partial charge >= 0.3 is 12.1 Å². The summed E-state index contributed by atoms with van der Waals surface area (Å²) in [5, 5.41) is 12.0. The van der Waals surface area contributed by atoms with Crippen LogP contribution in [-0.2, 0) is 33.4 Å². The standard InChI is InChI=1S/C28H33F3N2O5/c1-2-38-23-10-5-19(6-11-23)7-12-26(35)33-15-13-21(14-16-33)18-25(34)32-24(27(36)37)17-20-3-8-22(9-4-20)28(29,30)31/h3-6,8-11,21,24H,2,7,12-18H2,1H3,(H,32,34)(H,36,37)/t24-/m0/s1. The van der Waals surface area contributed by atoms with Crippen LogP contribution >= 0.6 is 0 Å². The lowest BCUT2D eigenvalue weighted by molar-refractivity contribution is -0.142. The Morgan fingerprint density at radius 2 is 1.63 bits per heavy atom. The number of ether oxygens (including phenoxy) is 1. The molecule has 10 heteroatoms. The van der Waals surface area contributed by atoms with E-state index in [0.717, 1.165) is 23.4 Å². The van der Waals surface area contributed by atoms with Crippen molar-refractivity contribution in [3.05, 3.63) is 65.2 Å².